The summed E-state index contributed by atoms with van der Waals surface area (Å²) < 4.78 is 11.2. The normalized spacial score (nSPS) is 19.0. The Hall–Kier alpha value is -3.13. The van der Waals surface area contributed by atoms with Crippen molar-refractivity contribution in [2.45, 2.75) is 38.6 Å². The van der Waals surface area contributed by atoms with Gasteiger partial charge < -0.3 is 24.8 Å². The van der Waals surface area contributed by atoms with Crippen LogP contribution in [0.2, 0.25) is 0 Å². The Morgan fingerprint density at radius 3 is 3.07 bits per heavy atom. The lowest BCUT2D eigenvalue weighted by Crippen LogP contribution is -2.49. The summed E-state index contributed by atoms with van der Waals surface area (Å²) in [5.74, 6) is 0.887. The van der Waals surface area contributed by atoms with Gasteiger partial charge in [-0.1, -0.05) is 17.8 Å². The molecule has 0 radical (unpaired) electrons. The number of rotatable bonds is 6. The third-order valence-corrected chi connectivity index (χ3v) is 4.99. The molecule has 1 unspecified atom stereocenters. The molecule has 8 nitrogen and oxygen atoms in total. The van der Waals surface area contributed by atoms with Crippen LogP contribution in [0.5, 0.6) is 5.75 Å². The molecule has 28 heavy (non-hydrogen) atoms. The number of nitrogens with zero attached hydrogens (tertiary/aromatic N) is 2. The summed E-state index contributed by atoms with van der Waals surface area (Å²) in [5, 5.41) is 9.71. The predicted molar refractivity (Wildman–Crippen MR) is 100 cm³/mol. The van der Waals surface area contributed by atoms with Crippen LogP contribution >= 0.6 is 0 Å². The molecule has 0 aliphatic carbocycles. The van der Waals surface area contributed by atoms with Crippen molar-refractivity contribution >= 4 is 11.8 Å². The standard InChI is InChI=1S/C20H22N4O4/c1-12-6-7-17(19(25)22-12)24-10-16-15(20(24)26)4-3-5-18(16)27-11-14-8-13(9-21-2)23-28-14/h3-5,8,17,21H,1,6-7,9-11H2,2H3,(H,22,25). The smallest absolute Gasteiger partial charge is 0.255 e. The largest absolute Gasteiger partial charge is 0.485 e. The highest BCUT2D eigenvalue weighted by atomic mass is 16.5. The van der Waals surface area contributed by atoms with Crippen molar-refractivity contribution in [2.24, 2.45) is 0 Å². The monoisotopic (exact) mass is 382 g/mol. The molecule has 2 aromatic rings. The van der Waals surface area contributed by atoms with Crippen molar-refractivity contribution in [2.75, 3.05) is 7.05 Å². The molecule has 3 heterocycles. The lowest BCUT2D eigenvalue weighted by molar-refractivity contribution is -0.126. The molecule has 0 saturated carbocycles. The second-order valence-electron chi connectivity index (χ2n) is 6.97. The van der Waals surface area contributed by atoms with Crippen molar-refractivity contribution in [1.82, 2.24) is 20.7 Å². The van der Waals surface area contributed by atoms with E-state index in [2.05, 4.69) is 22.4 Å². The van der Waals surface area contributed by atoms with Crippen LogP contribution in [0.1, 0.15) is 40.2 Å². The van der Waals surface area contributed by atoms with E-state index in [1.807, 2.05) is 19.2 Å². The van der Waals surface area contributed by atoms with Crippen molar-refractivity contribution in [3.63, 3.8) is 0 Å². The van der Waals surface area contributed by atoms with E-state index in [9.17, 15) is 9.59 Å². The Labute approximate surface area is 162 Å². The average molecular weight is 382 g/mol. The molecule has 1 fully saturated rings. The van der Waals surface area contributed by atoms with E-state index in [0.717, 1.165) is 11.3 Å². The van der Waals surface area contributed by atoms with Crippen LogP contribution in [0.3, 0.4) is 0 Å². The fourth-order valence-electron chi connectivity index (χ4n) is 3.61. The van der Waals surface area contributed by atoms with Gasteiger partial charge in [0, 0.05) is 29.4 Å². The zero-order valence-corrected chi connectivity index (χ0v) is 15.7. The molecular weight excluding hydrogens is 360 g/mol. The minimum absolute atomic E-state index is 0.149. The lowest BCUT2D eigenvalue weighted by Gasteiger charge is -2.30. The zero-order chi connectivity index (χ0) is 19.7. The van der Waals surface area contributed by atoms with Crippen LogP contribution in [-0.2, 0) is 24.5 Å². The van der Waals surface area contributed by atoms with E-state index in [-0.39, 0.29) is 18.4 Å². The molecule has 1 aromatic carbocycles. The Bertz CT molecular complexity index is 936. The highest BCUT2D eigenvalue weighted by Crippen LogP contribution is 2.34. The van der Waals surface area contributed by atoms with Gasteiger partial charge in [-0.05, 0) is 32.0 Å². The summed E-state index contributed by atoms with van der Waals surface area (Å²) in [4.78, 5) is 26.8. The molecular formula is C20H22N4O4. The molecule has 0 bridgehead atoms. The minimum Gasteiger partial charge on any atom is -0.485 e. The molecule has 146 valence electrons. The second kappa shape index (κ2) is 7.47. The van der Waals surface area contributed by atoms with Gasteiger partial charge in [-0.2, -0.15) is 0 Å². The van der Waals surface area contributed by atoms with Crippen LogP contribution in [0.4, 0.5) is 0 Å². The van der Waals surface area contributed by atoms with Gasteiger partial charge in [0.1, 0.15) is 18.4 Å². The van der Waals surface area contributed by atoms with Crippen molar-refractivity contribution in [3.8, 4) is 5.75 Å². The Balaban J connectivity index is 1.49. The summed E-state index contributed by atoms with van der Waals surface area (Å²) >= 11 is 0. The number of fused-ring (bicyclic) bond motifs is 1. The van der Waals surface area contributed by atoms with Crippen LogP contribution in [0, 0.1) is 0 Å². The first-order valence-corrected chi connectivity index (χ1v) is 9.20. The van der Waals surface area contributed by atoms with E-state index < -0.39 is 6.04 Å². The van der Waals surface area contributed by atoms with Gasteiger partial charge in [0.2, 0.25) is 5.91 Å². The first-order chi connectivity index (χ1) is 13.6. The number of amides is 2. The highest BCUT2D eigenvalue weighted by Gasteiger charge is 2.39. The van der Waals surface area contributed by atoms with Gasteiger partial charge in [-0.25, -0.2) is 0 Å². The summed E-state index contributed by atoms with van der Waals surface area (Å²) in [5.41, 5.74) is 2.85. The SMILES string of the molecule is C=C1CCC(N2Cc3c(OCc4cc(CNC)no4)cccc3C2=O)C(=O)N1. The topological polar surface area (TPSA) is 96.7 Å². The third kappa shape index (κ3) is 3.38. The number of aromatic nitrogens is 1. The number of benzene rings is 1. The molecule has 4 rings (SSSR count). The maximum atomic E-state index is 12.9. The van der Waals surface area contributed by atoms with Crippen LogP contribution < -0.4 is 15.4 Å². The zero-order valence-electron chi connectivity index (χ0n) is 15.7. The lowest BCUT2D eigenvalue weighted by atomic mass is 10.0. The summed E-state index contributed by atoms with van der Waals surface area (Å²) in [6, 6.07) is 6.71. The van der Waals surface area contributed by atoms with E-state index in [1.165, 1.54) is 0 Å². The number of nitrogens with one attached hydrogen (secondary N) is 2. The molecule has 1 saturated heterocycles. The summed E-state index contributed by atoms with van der Waals surface area (Å²) in [6.45, 7) is 4.96. The summed E-state index contributed by atoms with van der Waals surface area (Å²) in [7, 11) is 1.84. The van der Waals surface area contributed by atoms with E-state index in [4.69, 9.17) is 9.26 Å². The number of piperidine rings is 1. The molecule has 8 heteroatoms. The minimum atomic E-state index is -0.489. The fraction of sp³-hybridized carbons (Fsp3) is 0.350. The Morgan fingerprint density at radius 1 is 1.43 bits per heavy atom. The molecule has 2 amide bonds. The quantitative estimate of drug-likeness (QED) is 0.790. The predicted octanol–water partition coefficient (Wildman–Crippen LogP) is 1.72. The number of carbonyl (C=O) groups is 2. The van der Waals surface area contributed by atoms with Gasteiger partial charge in [0.25, 0.3) is 5.91 Å². The number of carbonyl (C=O) groups excluding carboxylic acids is 2. The van der Waals surface area contributed by atoms with Crippen molar-refractivity contribution in [3.05, 3.63) is 59.1 Å². The van der Waals surface area contributed by atoms with Gasteiger partial charge in [-0.3, -0.25) is 9.59 Å². The average Bonchev–Trinajstić information content (AvgIpc) is 3.26. The van der Waals surface area contributed by atoms with E-state index in [0.29, 0.717) is 48.7 Å². The molecule has 2 aliphatic heterocycles. The van der Waals surface area contributed by atoms with E-state index >= 15 is 0 Å². The first kappa shape index (κ1) is 18.2. The van der Waals surface area contributed by atoms with Crippen molar-refractivity contribution < 1.29 is 18.8 Å². The number of hydrogen-bond acceptors (Lipinski definition) is 6. The molecule has 0 spiro atoms. The van der Waals surface area contributed by atoms with Gasteiger partial charge in [-0.15, -0.1) is 0 Å². The molecule has 1 aromatic heterocycles. The third-order valence-electron chi connectivity index (χ3n) is 4.99. The summed E-state index contributed by atoms with van der Waals surface area (Å²) in [6.07, 6.45) is 1.24. The Morgan fingerprint density at radius 2 is 2.29 bits per heavy atom. The maximum Gasteiger partial charge on any atom is 0.255 e. The molecule has 2 aliphatic rings. The van der Waals surface area contributed by atoms with Gasteiger partial charge in [0.15, 0.2) is 5.76 Å². The van der Waals surface area contributed by atoms with Gasteiger partial charge >= 0.3 is 0 Å². The van der Waals surface area contributed by atoms with Gasteiger partial charge in [0.05, 0.1) is 12.2 Å². The number of allylic oxidation sites excluding steroid dienone is 1. The molecule has 1 atom stereocenters. The van der Waals surface area contributed by atoms with Crippen LogP contribution in [0.15, 0.2) is 41.1 Å². The number of hydrogen-bond donors (Lipinski definition) is 2. The Kier molecular flexibility index (Phi) is 4.87. The van der Waals surface area contributed by atoms with Crippen LogP contribution in [0.25, 0.3) is 0 Å². The highest BCUT2D eigenvalue weighted by molar-refractivity contribution is 6.02. The van der Waals surface area contributed by atoms with E-state index in [1.54, 1.807) is 17.0 Å². The first-order valence-electron chi connectivity index (χ1n) is 9.20. The van der Waals surface area contributed by atoms with Crippen molar-refractivity contribution in [1.29, 1.82) is 0 Å². The fourth-order valence-corrected chi connectivity index (χ4v) is 3.61. The van der Waals surface area contributed by atoms with Crippen LogP contribution in [-0.4, -0.2) is 35.0 Å². The second-order valence-corrected chi connectivity index (χ2v) is 6.97. The number of ether oxygens (including phenoxy) is 1. The molecule has 2 N–H and O–H groups in total. The maximum absolute atomic E-state index is 12.9.